The minimum Gasteiger partial charge on any atom is -0.310 e. The molecule has 0 spiro atoms. The quantitative estimate of drug-likeness (QED) is 0.155. The minimum absolute atomic E-state index is 0.247. The van der Waals surface area contributed by atoms with Gasteiger partial charge in [0.25, 0.3) is 0 Å². The summed E-state index contributed by atoms with van der Waals surface area (Å²) >= 11 is 0. The third kappa shape index (κ3) is 6.47. The van der Waals surface area contributed by atoms with Crippen LogP contribution in [0.1, 0.15) is 49.9 Å². The van der Waals surface area contributed by atoms with Gasteiger partial charge in [0.2, 0.25) is 0 Å². The lowest BCUT2D eigenvalue weighted by Gasteiger charge is -2.30. The molecule has 2 aliphatic carbocycles. The lowest BCUT2D eigenvalue weighted by Crippen LogP contribution is -2.18. The molecule has 0 saturated carbocycles. The van der Waals surface area contributed by atoms with E-state index in [0.717, 1.165) is 17.1 Å². The van der Waals surface area contributed by atoms with Crippen molar-refractivity contribution in [1.82, 2.24) is 9.13 Å². The molecule has 75 heavy (non-hydrogen) atoms. The second-order valence-electron chi connectivity index (χ2n) is 21.7. The highest BCUT2D eigenvalue weighted by Crippen LogP contribution is 2.54. The Bertz CT molecular complexity index is 4400. The van der Waals surface area contributed by atoms with E-state index >= 15 is 0 Å². The standard InChI is InChI=1S/C72H53N3/c1-71(2)63-42-49(48-30-40-70-62(41-48)61-23-13-16-26-69(61)74(70)50-19-9-6-10-20-50)29-36-55(63)56-37-33-52(43-64(56)71)73(51-31-27-47(28-32-51)46-17-7-5-8-18-46)53-34-38-57-58-39-35-54(45-66(58)72(3,4)65(57)44-53)75-67-24-14-11-21-59(67)60-22-12-15-25-68(60)75/h5-45H,1-4H3. The summed E-state index contributed by atoms with van der Waals surface area (Å²) in [5.41, 5.74) is 25.6. The molecule has 13 aromatic rings. The van der Waals surface area contributed by atoms with E-state index in [0.29, 0.717) is 0 Å². The highest BCUT2D eigenvalue weighted by atomic mass is 15.1. The van der Waals surface area contributed by atoms with Crippen LogP contribution in [-0.2, 0) is 10.8 Å². The van der Waals surface area contributed by atoms with E-state index in [9.17, 15) is 0 Å². The molecule has 0 saturated heterocycles. The monoisotopic (exact) mass is 959 g/mol. The predicted molar refractivity (Wildman–Crippen MR) is 316 cm³/mol. The zero-order valence-corrected chi connectivity index (χ0v) is 42.5. The number of hydrogen-bond donors (Lipinski definition) is 0. The molecule has 0 fully saturated rings. The number of nitrogens with zero attached hydrogens (tertiary/aromatic N) is 3. The number of fused-ring (bicyclic) bond motifs is 12. The Balaban J connectivity index is 0.823. The van der Waals surface area contributed by atoms with Crippen molar-refractivity contribution < 1.29 is 0 Å². The van der Waals surface area contributed by atoms with Gasteiger partial charge in [-0.05, 0) is 164 Å². The zero-order valence-electron chi connectivity index (χ0n) is 42.5. The molecule has 0 radical (unpaired) electrons. The largest absolute Gasteiger partial charge is 0.310 e. The van der Waals surface area contributed by atoms with Gasteiger partial charge in [-0.1, -0.05) is 179 Å². The Hall–Kier alpha value is -9.18. The molecule has 0 atom stereocenters. The molecule has 0 aliphatic heterocycles. The van der Waals surface area contributed by atoms with Crippen molar-refractivity contribution in [2.24, 2.45) is 0 Å². The van der Waals surface area contributed by atoms with Crippen LogP contribution < -0.4 is 4.90 Å². The minimum atomic E-state index is -0.249. The van der Waals surface area contributed by atoms with E-state index in [2.05, 4.69) is 290 Å². The van der Waals surface area contributed by atoms with Crippen molar-refractivity contribution in [2.75, 3.05) is 4.90 Å². The first kappa shape index (κ1) is 43.4. The molecule has 2 aliphatic rings. The molecule has 0 bridgehead atoms. The fraction of sp³-hybridized carbons (Fsp3) is 0.0833. The topological polar surface area (TPSA) is 13.1 Å². The van der Waals surface area contributed by atoms with Gasteiger partial charge >= 0.3 is 0 Å². The molecule has 15 rings (SSSR count). The molecular formula is C72H53N3. The van der Waals surface area contributed by atoms with Crippen molar-refractivity contribution in [3.05, 3.63) is 271 Å². The first-order chi connectivity index (χ1) is 36.7. The van der Waals surface area contributed by atoms with E-state index in [1.165, 1.54) is 122 Å². The summed E-state index contributed by atoms with van der Waals surface area (Å²) in [5.74, 6) is 0. The van der Waals surface area contributed by atoms with Crippen LogP contribution in [0.4, 0.5) is 17.1 Å². The molecule has 0 N–H and O–H groups in total. The smallest absolute Gasteiger partial charge is 0.0541 e. The van der Waals surface area contributed by atoms with Gasteiger partial charge in [0.15, 0.2) is 0 Å². The average molecular weight is 960 g/mol. The van der Waals surface area contributed by atoms with Crippen LogP contribution in [-0.4, -0.2) is 9.13 Å². The summed E-state index contributed by atoms with van der Waals surface area (Å²) in [6.45, 7) is 9.62. The van der Waals surface area contributed by atoms with Gasteiger partial charge in [-0.2, -0.15) is 0 Å². The van der Waals surface area contributed by atoms with Crippen LogP contribution in [0, 0.1) is 0 Å². The average Bonchev–Trinajstić information content (AvgIpc) is 4.14. The summed E-state index contributed by atoms with van der Waals surface area (Å²) in [4.78, 5) is 2.48. The molecule has 0 amide bonds. The highest BCUT2D eigenvalue weighted by molar-refractivity contribution is 6.11. The number of rotatable bonds is 7. The lowest BCUT2D eigenvalue weighted by molar-refractivity contribution is 0.659. The van der Waals surface area contributed by atoms with Gasteiger partial charge in [0, 0.05) is 60.8 Å². The number of benzene rings is 11. The van der Waals surface area contributed by atoms with Gasteiger partial charge in [-0.15, -0.1) is 0 Å². The van der Waals surface area contributed by atoms with Crippen LogP contribution in [0.15, 0.2) is 249 Å². The third-order valence-electron chi connectivity index (χ3n) is 16.9. The Labute approximate surface area is 437 Å². The SMILES string of the molecule is CC1(C)c2cc(-c3ccc4c(c3)c3ccccc3n4-c3ccccc3)ccc2-c2ccc(N(c3ccc(-c4ccccc4)cc3)c3ccc4c(c3)C(C)(C)c3cc(-n5c6ccccc6c6ccccc65)ccc3-4)cc21. The van der Waals surface area contributed by atoms with E-state index in [1.54, 1.807) is 0 Å². The first-order valence-electron chi connectivity index (χ1n) is 26.3. The molecule has 11 aromatic carbocycles. The normalized spacial score (nSPS) is 13.8. The predicted octanol–water partition coefficient (Wildman–Crippen LogP) is 19.3. The first-order valence-corrected chi connectivity index (χ1v) is 26.3. The van der Waals surface area contributed by atoms with Crippen molar-refractivity contribution in [3.8, 4) is 55.9 Å². The van der Waals surface area contributed by atoms with Gasteiger partial charge in [0.1, 0.15) is 0 Å². The Kier molecular flexibility index (Phi) is 9.35. The maximum absolute atomic E-state index is 2.48. The molecule has 0 unspecified atom stereocenters. The fourth-order valence-corrected chi connectivity index (χ4v) is 13.1. The molecule has 2 heterocycles. The summed E-state index contributed by atoms with van der Waals surface area (Å²) in [6.07, 6.45) is 0. The Morgan fingerprint density at radius 3 is 1.24 bits per heavy atom. The van der Waals surface area contributed by atoms with Crippen molar-refractivity contribution >= 4 is 60.7 Å². The Morgan fingerprint density at radius 1 is 0.267 bits per heavy atom. The van der Waals surface area contributed by atoms with E-state index in [-0.39, 0.29) is 10.8 Å². The molecule has 3 nitrogen and oxygen atoms in total. The second kappa shape index (κ2) is 16.2. The van der Waals surface area contributed by atoms with Crippen LogP contribution >= 0.6 is 0 Å². The summed E-state index contributed by atoms with van der Waals surface area (Å²) in [6, 6.07) is 92.5. The third-order valence-corrected chi connectivity index (χ3v) is 16.9. The highest BCUT2D eigenvalue weighted by Gasteiger charge is 2.39. The summed E-state index contributed by atoms with van der Waals surface area (Å²) in [5, 5.41) is 5.08. The number of aromatic nitrogens is 2. The van der Waals surface area contributed by atoms with E-state index in [1.807, 2.05) is 0 Å². The van der Waals surface area contributed by atoms with Crippen LogP contribution in [0.3, 0.4) is 0 Å². The van der Waals surface area contributed by atoms with E-state index in [4.69, 9.17) is 0 Å². The molecule has 356 valence electrons. The zero-order chi connectivity index (χ0) is 50.2. The lowest BCUT2D eigenvalue weighted by atomic mass is 9.81. The van der Waals surface area contributed by atoms with Crippen LogP contribution in [0.5, 0.6) is 0 Å². The van der Waals surface area contributed by atoms with Crippen LogP contribution in [0.2, 0.25) is 0 Å². The second-order valence-corrected chi connectivity index (χ2v) is 21.7. The summed E-state index contributed by atoms with van der Waals surface area (Å²) in [7, 11) is 0. The van der Waals surface area contributed by atoms with Crippen molar-refractivity contribution in [2.45, 2.75) is 38.5 Å². The van der Waals surface area contributed by atoms with Gasteiger partial charge in [-0.3, -0.25) is 0 Å². The van der Waals surface area contributed by atoms with Gasteiger partial charge < -0.3 is 14.0 Å². The van der Waals surface area contributed by atoms with Crippen LogP contribution in [0.25, 0.3) is 99.5 Å². The van der Waals surface area contributed by atoms with Gasteiger partial charge in [0.05, 0.1) is 22.1 Å². The fourth-order valence-electron chi connectivity index (χ4n) is 13.1. The maximum Gasteiger partial charge on any atom is 0.0541 e. The molecule has 3 heteroatoms. The molecule has 2 aromatic heterocycles. The van der Waals surface area contributed by atoms with E-state index < -0.39 is 0 Å². The number of anilines is 3. The Morgan fingerprint density at radius 2 is 0.653 bits per heavy atom. The molecular weight excluding hydrogens is 907 g/mol. The van der Waals surface area contributed by atoms with Gasteiger partial charge in [-0.25, -0.2) is 0 Å². The maximum atomic E-state index is 2.48. The number of hydrogen-bond acceptors (Lipinski definition) is 1. The van der Waals surface area contributed by atoms with Crippen molar-refractivity contribution in [3.63, 3.8) is 0 Å². The number of para-hydroxylation sites is 4. The summed E-state index contributed by atoms with van der Waals surface area (Å²) < 4.78 is 4.83. The van der Waals surface area contributed by atoms with Crippen molar-refractivity contribution in [1.29, 1.82) is 0 Å².